The number of ether oxygens (including phenoxy) is 2. The van der Waals surface area contributed by atoms with E-state index in [1.165, 1.54) is 11.3 Å². The third kappa shape index (κ3) is 6.84. The van der Waals surface area contributed by atoms with Crippen LogP contribution in [0.1, 0.15) is 56.7 Å². The molecule has 1 aliphatic carbocycles. The van der Waals surface area contributed by atoms with E-state index in [-0.39, 0.29) is 24.7 Å². The molecule has 180 valence electrons. The predicted octanol–water partition coefficient (Wildman–Crippen LogP) is 6.16. The predicted molar refractivity (Wildman–Crippen MR) is 129 cm³/mol. The lowest BCUT2D eigenvalue weighted by Gasteiger charge is -2.27. The zero-order valence-electron chi connectivity index (χ0n) is 19.3. The molecule has 0 spiro atoms. The number of amides is 1. The van der Waals surface area contributed by atoms with Gasteiger partial charge in [-0.25, -0.2) is 9.78 Å². The molecule has 3 rings (SSSR count). The van der Waals surface area contributed by atoms with Crippen molar-refractivity contribution in [1.82, 2.24) is 9.88 Å². The maximum absolute atomic E-state index is 12.2. The van der Waals surface area contributed by atoms with E-state index >= 15 is 0 Å². The van der Waals surface area contributed by atoms with Gasteiger partial charge < -0.3 is 19.5 Å². The number of nitrogens with zero attached hydrogens (tertiary/aromatic N) is 2. The summed E-state index contributed by atoms with van der Waals surface area (Å²) in [4.78, 5) is 30.7. The molecule has 1 fully saturated rings. The fourth-order valence-corrected chi connectivity index (χ4v) is 5.14. The Labute approximate surface area is 203 Å². The van der Waals surface area contributed by atoms with Crippen molar-refractivity contribution in [2.24, 2.45) is 5.92 Å². The van der Waals surface area contributed by atoms with Crippen LogP contribution in [-0.2, 0) is 16.1 Å². The molecule has 1 aliphatic rings. The molecule has 1 amide bonds. The number of rotatable bonds is 9. The number of hydrogen-bond donors (Lipinski definition) is 1. The minimum atomic E-state index is -0.757. The largest absolute Gasteiger partial charge is 0.489 e. The second kappa shape index (κ2) is 11.7. The van der Waals surface area contributed by atoms with E-state index in [2.05, 4.69) is 6.92 Å². The minimum absolute atomic E-state index is 0.117. The van der Waals surface area contributed by atoms with Crippen molar-refractivity contribution in [2.45, 2.75) is 65.1 Å². The lowest BCUT2D eigenvalue weighted by molar-refractivity contribution is -0.143. The quantitative estimate of drug-likeness (QED) is 0.449. The van der Waals surface area contributed by atoms with E-state index in [4.69, 9.17) is 26.1 Å². The monoisotopic (exact) mass is 494 g/mol. The molecule has 7 nitrogen and oxygen atoms in total. The fourth-order valence-electron chi connectivity index (χ4n) is 3.91. The van der Waals surface area contributed by atoms with Gasteiger partial charge in [-0.05, 0) is 57.2 Å². The molecule has 33 heavy (non-hydrogen) atoms. The molecular weight excluding hydrogens is 464 g/mol. The minimum Gasteiger partial charge on any atom is -0.489 e. The van der Waals surface area contributed by atoms with Crippen molar-refractivity contribution < 1.29 is 24.2 Å². The highest BCUT2D eigenvalue weighted by Gasteiger charge is 2.28. The van der Waals surface area contributed by atoms with Gasteiger partial charge >= 0.3 is 12.1 Å². The summed E-state index contributed by atoms with van der Waals surface area (Å²) < 4.78 is 12.2. The number of aromatic nitrogens is 1. The first-order valence-corrected chi connectivity index (χ1v) is 12.5. The van der Waals surface area contributed by atoms with Crippen LogP contribution in [0.2, 0.25) is 4.34 Å². The zero-order chi connectivity index (χ0) is 24.0. The second-order valence-corrected chi connectivity index (χ2v) is 10.1. The Morgan fingerprint density at radius 2 is 2.12 bits per heavy atom. The Morgan fingerprint density at radius 3 is 2.82 bits per heavy atom. The zero-order valence-corrected chi connectivity index (χ0v) is 20.9. The summed E-state index contributed by atoms with van der Waals surface area (Å²) in [6.45, 7) is 4.72. The van der Waals surface area contributed by atoms with Crippen molar-refractivity contribution in [1.29, 1.82) is 0 Å². The van der Waals surface area contributed by atoms with Crippen LogP contribution in [0, 0.1) is 12.8 Å². The maximum atomic E-state index is 12.2. The number of carbonyl (C=O) groups excluding carboxylic acids is 1. The molecule has 9 heteroatoms. The van der Waals surface area contributed by atoms with Gasteiger partial charge in [-0.1, -0.05) is 24.9 Å². The average Bonchev–Trinajstić information content (AvgIpc) is 3.17. The summed E-state index contributed by atoms with van der Waals surface area (Å²) in [5.74, 6) is -0.452. The first kappa shape index (κ1) is 25.3. The molecule has 1 saturated carbocycles. The third-order valence-corrected chi connectivity index (χ3v) is 7.16. The first-order valence-electron chi connectivity index (χ1n) is 11.3. The van der Waals surface area contributed by atoms with Gasteiger partial charge in [0.1, 0.15) is 12.4 Å². The van der Waals surface area contributed by atoms with Gasteiger partial charge in [0.25, 0.3) is 0 Å². The molecule has 0 aromatic carbocycles. The van der Waals surface area contributed by atoms with E-state index < -0.39 is 5.97 Å². The van der Waals surface area contributed by atoms with Crippen LogP contribution in [-0.4, -0.2) is 46.7 Å². The summed E-state index contributed by atoms with van der Waals surface area (Å²) in [6, 6.07) is 5.53. The van der Waals surface area contributed by atoms with Gasteiger partial charge in [0.15, 0.2) is 0 Å². The summed E-state index contributed by atoms with van der Waals surface area (Å²) in [6.07, 6.45) is 4.35. The molecule has 0 unspecified atom stereocenters. The highest BCUT2D eigenvalue weighted by molar-refractivity contribution is 7.19. The molecule has 1 N–H and O–H groups in total. The van der Waals surface area contributed by atoms with Gasteiger partial charge in [-0.15, -0.1) is 11.3 Å². The van der Waals surface area contributed by atoms with Crippen LogP contribution in [0.25, 0.3) is 10.6 Å². The standard InChI is InChI=1S/C24H31ClN2O5S/c1-4-5-11-27(3)24(30)31-14-17-13-21(25)33-22(17)19-9-10-20(15(2)26-19)32-18-8-6-7-16(12-18)23(28)29/h9-10,13,16,18H,4-8,11-12,14H2,1-3H3,(H,28,29)/t16-,18-/m0/s1. The summed E-state index contributed by atoms with van der Waals surface area (Å²) in [5.41, 5.74) is 2.25. The molecule has 0 radical (unpaired) electrons. The summed E-state index contributed by atoms with van der Waals surface area (Å²) >= 11 is 7.66. The smallest absolute Gasteiger partial charge is 0.409 e. The van der Waals surface area contributed by atoms with Crippen LogP contribution < -0.4 is 4.74 Å². The Kier molecular flexibility index (Phi) is 8.97. The molecule has 2 aromatic heterocycles. The number of carboxylic acid groups (broad SMARTS) is 1. The van der Waals surface area contributed by atoms with Gasteiger partial charge in [-0.3, -0.25) is 4.79 Å². The number of carboxylic acids is 1. The van der Waals surface area contributed by atoms with Crippen molar-refractivity contribution in [3.63, 3.8) is 0 Å². The molecule has 0 saturated heterocycles. The summed E-state index contributed by atoms with van der Waals surface area (Å²) in [7, 11) is 1.73. The van der Waals surface area contributed by atoms with E-state index in [0.717, 1.165) is 47.5 Å². The van der Waals surface area contributed by atoms with Crippen molar-refractivity contribution in [3.8, 4) is 16.3 Å². The number of halogens is 1. The molecule has 2 aromatic rings. The van der Waals surface area contributed by atoms with Gasteiger partial charge in [0, 0.05) is 19.2 Å². The van der Waals surface area contributed by atoms with Crippen molar-refractivity contribution in [2.75, 3.05) is 13.6 Å². The van der Waals surface area contributed by atoms with Crippen molar-refractivity contribution in [3.05, 3.63) is 33.8 Å². The van der Waals surface area contributed by atoms with Crippen molar-refractivity contribution >= 4 is 35.0 Å². The number of thiophene rings is 1. The van der Waals surface area contributed by atoms with Crippen LogP contribution in [0.4, 0.5) is 4.79 Å². The van der Waals surface area contributed by atoms with Crippen LogP contribution in [0.15, 0.2) is 18.2 Å². The average molecular weight is 495 g/mol. The number of hydrogen-bond acceptors (Lipinski definition) is 6. The normalized spacial score (nSPS) is 18.1. The second-order valence-electron chi connectivity index (χ2n) is 8.46. The van der Waals surface area contributed by atoms with Gasteiger partial charge in [0.2, 0.25) is 0 Å². The topological polar surface area (TPSA) is 89.0 Å². The molecule has 2 atom stereocenters. The Hall–Kier alpha value is -2.32. The Balaban J connectivity index is 1.68. The highest BCUT2D eigenvalue weighted by atomic mass is 35.5. The molecule has 0 bridgehead atoms. The van der Waals surface area contributed by atoms with Gasteiger partial charge in [0.05, 0.1) is 32.6 Å². The lowest BCUT2D eigenvalue weighted by atomic mass is 9.87. The number of unbranched alkanes of at least 4 members (excludes halogenated alkanes) is 1. The first-order chi connectivity index (χ1) is 15.8. The van der Waals surface area contributed by atoms with Crippen LogP contribution in [0.3, 0.4) is 0 Å². The maximum Gasteiger partial charge on any atom is 0.409 e. The Morgan fingerprint density at radius 1 is 1.33 bits per heavy atom. The van der Waals surface area contributed by atoms with Crippen LogP contribution >= 0.6 is 22.9 Å². The molecular formula is C24H31ClN2O5S. The lowest BCUT2D eigenvalue weighted by Crippen LogP contribution is -2.29. The van der Waals surface area contributed by atoms with E-state index in [0.29, 0.717) is 29.5 Å². The number of carbonyl (C=O) groups is 2. The summed E-state index contributed by atoms with van der Waals surface area (Å²) in [5, 5.41) is 9.30. The van der Waals surface area contributed by atoms with E-state index in [9.17, 15) is 14.7 Å². The SMILES string of the molecule is CCCCN(C)C(=O)OCc1cc(Cl)sc1-c1ccc(O[C@H]2CCC[C@H](C(=O)O)C2)c(C)n1. The Bertz CT molecular complexity index is 980. The fraction of sp³-hybridized carbons (Fsp3) is 0.542. The third-order valence-electron chi connectivity index (χ3n) is 5.83. The van der Waals surface area contributed by atoms with Gasteiger partial charge in [-0.2, -0.15) is 0 Å². The number of aliphatic carboxylic acids is 1. The van der Waals surface area contributed by atoms with E-state index in [1.807, 2.05) is 19.1 Å². The van der Waals surface area contributed by atoms with E-state index in [1.54, 1.807) is 18.0 Å². The molecule has 2 heterocycles. The number of aryl methyl sites for hydroxylation is 1. The number of pyridine rings is 1. The van der Waals surface area contributed by atoms with Crippen LogP contribution in [0.5, 0.6) is 5.75 Å². The molecule has 0 aliphatic heterocycles. The highest BCUT2D eigenvalue weighted by Crippen LogP contribution is 2.37.